The summed E-state index contributed by atoms with van der Waals surface area (Å²) in [6.07, 6.45) is 0. The lowest BCUT2D eigenvalue weighted by Crippen LogP contribution is -1.94. The summed E-state index contributed by atoms with van der Waals surface area (Å²) in [5, 5.41) is 15.4. The molecule has 3 aromatic heterocycles. The van der Waals surface area contributed by atoms with E-state index in [1.165, 1.54) is 124 Å². The standard InChI is InChI=1S/C60H36N2S/c1-2-16-45-43(14-1)44-15-3-4-17-46(44)51-33-38(24-28-47(45)51)37-12-11-13-41(32-37)61-55-21-8-5-18-48(55)52-34-39(25-29-57(52)61)40-26-30-58-53(35-40)49-19-6-9-22-56(49)62(58)42-27-31-60-54(36-42)50-20-7-10-23-59(50)63-60/h1-36H. The van der Waals surface area contributed by atoms with E-state index in [0.717, 1.165) is 5.69 Å². The number of hydrogen-bond acceptors (Lipinski definition) is 1. The first-order chi connectivity index (χ1) is 31.2. The first-order valence-corrected chi connectivity index (χ1v) is 22.5. The summed E-state index contributed by atoms with van der Waals surface area (Å²) >= 11 is 1.87. The third-order valence-corrected chi connectivity index (χ3v) is 14.6. The summed E-state index contributed by atoms with van der Waals surface area (Å²) in [7, 11) is 0. The summed E-state index contributed by atoms with van der Waals surface area (Å²) in [6, 6.07) is 81.1. The maximum Gasteiger partial charge on any atom is 0.0541 e. The second-order valence-electron chi connectivity index (χ2n) is 16.8. The highest BCUT2D eigenvalue weighted by Crippen LogP contribution is 2.42. The molecule has 2 nitrogen and oxygen atoms in total. The summed E-state index contributed by atoms with van der Waals surface area (Å²) in [4.78, 5) is 0. The highest BCUT2D eigenvalue weighted by atomic mass is 32.1. The van der Waals surface area contributed by atoms with Crippen molar-refractivity contribution in [2.45, 2.75) is 0 Å². The van der Waals surface area contributed by atoms with Gasteiger partial charge in [-0.15, -0.1) is 11.3 Å². The minimum absolute atomic E-state index is 1.15. The predicted octanol–water partition coefficient (Wildman–Crippen LogP) is 17.0. The van der Waals surface area contributed by atoms with Crippen LogP contribution in [-0.4, -0.2) is 9.13 Å². The van der Waals surface area contributed by atoms with Crippen LogP contribution in [0.3, 0.4) is 0 Å². The zero-order valence-electron chi connectivity index (χ0n) is 34.1. The first-order valence-electron chi connectivity index (χ1n) is 21.7. The van der Waals surface area contributed by atoms with Crippen LogP contribution in [0.2, 0.25) is 0 Å². The van der Waals surface area contributed by atoms with Gasteiger partial charge in [0.05, 0.1) is 22.1 Å². The van der Waals surface area contributed by atoms with Crippen molar-refractivity contribution in [2.24, 2.45) is 0 Å². The second-order valence-corrected chi connectivity index (χ2v) is 17.9. The molecule has 14 rings (SSSR count). The number of thiophene rings is 1. The van der Waals surface area contributed by atoms with Gasteiger partial charge < -0.3 is 9.13 Å². The summed E-state index contributed by atoms with van der Waals surface area (Å²) < 4.78 is 7.52. The van der Waals surface area contributed by atoms with Crippen LogP contribution in [-0.2, 0) is 0 Å². The first kappa shape index (κ1) is 34.7. The zero-order valence-corrected chi connectivity index (χ0v) is 34.9. The quantitative estimate of drug-likeness (QED) is 0.157. The van der Waals surface area contributed by atoms with E-state index in [0.29, 0.717) is 0 Å². The van der Waals surface area contributed by atoms with E-state index in [2.05, 4.69) is 228 Å². The van der Waals surface area contributed by atoms with Gasteiger partial charge in [0, 0.05) is 53.1 Å². The molecule has 0 atom stereocenters. The van der Waals surface area contributed by atoms with Gasteiger partial charge in [-0.2, -0.15) is 0 Å². The van der Waals surface area contributed by atoms with E-state index in [9.17, 15) is 0 Å². The van der Waals surface area contributed by atoms with E-state index in [1.807, 2.05) is 11.3 Å². The smallest absolute Gasteiger partial charge is 0.0541 e. The molecule has 11 aromatic carbocycles. The second kappa shape index (κ2) is 13.3. The lowest BCUT2D eigenvalue weighted by atomic mass is 9.92. The van der Waals surface area contributed by atoms with Crippen molar-refractivity contribution in [3.63, 3.8) is 0 Å². The summed E-state index contributed by atoms with van der Waals surface area (Å²) in [5.41, 5.74) is 12.0. The van der Waals surface area contributed by atoms with Gasteiger partial charge in [-0.25, -0.2) is 0 Å². The Morgan fingerprint density at radius 1 is 0.222 bits per heavy atom. The van der Waals surface area contributed by atoms with Gasteiger partial charge in [0.2, 0.25) is 0 Å². The lowest BCUT2D eigenvalue weighted by molar-refractivity contribution is 1.18. The van der Waals surface area contributed by atoms with Crippen molar-refractivity contribution in [2.75, 3.05) is 0 Å². The highest BCUT2D eigenvalue weighted by Gasteiger charge is 2.18. The Morgan fingerprint density at radius 2 is 0.651 bits per heavy atom. The van der Waals surface area contributed by atoms with Gasteiger partial charge >= 0.3 is 0 Å². The number of benzene rings is 11. The minimum Gasteiger partial charge on any atom is -0.309 e. The average molecular weight is 817 g/mol. The number of hydrogen-bond donors (Lipinski definition) is 0. The zero-order chi connectivity index (χ0) is 41.2. The number of nitrogens with zero attached hydrogens (tertiary/aromatic N) is 2. The molecule has 3 heterocycles. The van der Waals surface area contributed by atoms with E-state index in [-0.39, 0.29) is 0 Å². The largest absolute Gasteiger partial charge is 0.309 e. The van der Waals surface area contributed by atoms with Crippen LogP contribution in [0.15, 0.2) is 218 Å². The molecule has 14 aromatic rings. The van der Waals surface area contributed by atoms with Crippen molar-refractivity contribution < 1.29 is 0 Å². The molecule has 0 fully saturated rings. The van der Waals surface area contributed by atoms with Crippen LogP contribution < -0.4 is 0 Å². The van der Waals surface area contributed by atoms with Crippen molar-refractivity contribution in [1.29, 1.82) is 0 Å². The van der Waals surface area contributed by atoms with E-state index >= 15 is 0 Å². The van der Waals surface area contributed by atoms with Crippen LogP contribution in [0.25, 0.3) is 130 Å². The third kappa shape index (κ3) is 5.12. The molecule has 0 aliphatic carbocycles. The minimum atomic E-state index is 1.15. The molecular weight excluding hydrogens is 781 g/mol. The molecule has 0 spiro atoms. The van der Waals surface area contributed by atoms with E-state index < -0.39 is 0 Å². The molecule has 0 aliphatic rings. The molecule has 3 heteroatoms. The van der Waals surface area contributed by atoms with Gasteiger partial charge in [0.15, 0.2) is 0 Å². The van der Waals surface area contributed by atoms with Gasteiger partial charge in [0.25, 0.3) is 0 Å². The van der Waals surface area contributed by atoms with Crippen LogP contribution in [0.1, 0.15) is 0 Å². The third-order valence-electron chi connectivity index (χ3n) is 13.5. The van der Waals surface area contributed by atoms with Crippen LogP contribution in [0.5, 0.6) is 0 Å². The molecule has 0 amide bonds. The molecular formula is C60H36N2S. The van der Waals surface area contributed by atoms with E-state index in [4.69, 9.17) is 0 Å². The Hall–Kier alpha value is -7.98. The fourth-order valence-electron chi connectivity index (χ4n) is 10.6. The van der Waals surface area contributed by atoms with Crippen molar-refractivity contribution in [1.82, 2.24) is 9.13 Å². The van der Waals surface area contributed by atoms with Gasteiger partial charge in [0.1, 0.15) is 0 Å². The molecule has 292 valence electrons. The molecule has 0 N–H and O–H groups in total. The number of para-hydroxylation sites is 2. The van der Waals surface area contributed by atoms with Crippen molar-refractivity contribution in [3.05, 3.63) is 218 Å². The Kier molecular flexibility index (Phi) is 7.30. The maximum absolute atomic E-state index is 2.44. The normalized spacial score (nSPS) is 12.1. The summed E-state index contributed by atoms with van der Waals surface area (Å²) in [6.45, 7) is 0. The van der Waals surface area contributed by atoms with Crippen molar-refractivity contribution >= 4 is 107 Å². The lowest BCUT2D eigenvalue weighted by Gasteiger charge is -2.13. The molecule has 0 saturated carbocycles. The molecule has 0 bridgehead atoms. The molecule has 0 saturated heterocycles. The van der Waals surface area contributed by atoms with Crippen LogP contribution in [0, 0.1) is 0 Å². The molecule has 0 aliphatic heterocycles. The predicted molar refractivity (Wildman–Crippen MR) is 271 cm³/mol. The molecule has 63 heavy (non-hydrogen) atoms. The highest BCUT2D eigenvalue weighted by molar-refractivity contribution is 7.25. The van der Waals surface area contributed by atoms with Crippen LogP contribution >= 0.6 is 11.3 Å². The monoisotopic (exact) mass is 816 g/mol. The Morgan fingerprint density at radius 3 is 1.27 bits per heavy atom. The van der Waals surface area contributed by atoms with Gasteiger partial charge in [-0.1, -0.05) is 140 Å². The Bertz CT molecular complexity index is 4180. The molecule has 0 radical (unpaired) electrons. The van der Waals surface area contributed by atoms with Gasteiger partial charge in [-0.3, -0.25) is 0 Å². The summed E-state index contributed by atoms with van der Waals surface area (Å²) in [5.74, 6) is 0. The molecule has 0 unspecified atom stereocenters. The van der Waals surface area contributed by atoms with Crippen LogP contribution in [0.4, 0.5) is 0 Å². The fourth-order valence-corrected chi connectivity index (χ4v) is 11.7. The average Bonchev–Trinajstić information content (AvgIpc) is 4.01. The number of rotatable bonds is 4. The SMILES string of the molecule is c1cc(-c2ccc3c4ccccc4c4ccccc4c3c2)cc(-n2c3ccccc3c3cc(-c4ccc5c(c4)c4ccccc4n5-c4ccc5sc6ccccc6c5c4)ccc32)c1. The Balaban J connectivity index is 0.895. The Labute approximate surface area is 366 Å². The van der Waals surface area contributed by atoms with E-state index in [1.54, 1.807) is 0 Å². The number of fused-ring (bicyclic) bond motifs is 15. The fraction of sp³-hybridized carbons (Fsp3) is 0. The van der Waals surface area contributed by atoms with Crippen molar-refractivity contribution in [3.8, 4) is 33.6 Å². The van der Waals surface area contributed by atoms with Gasteiger partial charge in [-0.05, 0) is 133 Å². The topological polar surface area (TPSA) is 9.86 Å². The number of aromatic nitrogens is 2. The maximum atomic E-state index is 2.44.